The van der Waals surface area contributed by atoms with Crippen LogP contribution >= 0.6 is 11.8 Å². The number of terminal acetylenes is 1. The molecule has 0 aromatic heterocycles. The third-order valence-corrected chi connectivity index (χ3v) is 1.43. The van der Waals surface area contributed by atoms with Gasteiger partial charge in [0, 0.05) is 5.75 Å². The summed E-state index contributed by atoms with van der Waals surface area (Å²) in [7, 11) is 0. The summed E-state index contributed by atoms with van der Waals surface area (Å²) < 4.78 is 0. The van der Waals surface area contributed by atoms with E-state index in [9.17, 15) is 0 Å². The van der Waals surface area contributed by atoms with E-state index in [0.29, 0.717) is 0 Å². The van der Waals surface area contributed by atoms with Gasteiger partial charge in [-0.2, -0.15) is 0 Å². The van der Waals surface area contributed by atoms with Gasteiger partial charge < -0.3 is 0 Å². The molecule has 0 aromatic carbocycles. The molecule has 1 heteroatoms. The van der Waals surface area contributed by atoms with Crippen molar-refractivity contribution in [2.24, 2.45) is 0 Å². The average Bonchev–Trinajstić information content (AvgIpc) is 1.81. The van der Waals surface area contributed by atoms with Gasteiger partial charge in [-0.05, 0) is 6.92 Å². The summed E-state index contributed by atoms with van der Waals surface area (Å²) in [5, 5.41) is 0. The van der Waals surface area contributed by atoms with E-state index >= 15 is 0 Å². The highest BCUT2D eigenvalue weighted by atomic mass is 32.2. The molecule has 0 amide bonds. The molecule has 44 valence electrons. The average molecular weight is 126 g/mol. The van der Waals surface area contributed by atoms with E-state index in [2.05, 4.69) is 12.0 Å². The van der Waals surface area contributed by atoms with Crippen LogP contribution in [0.15, 0.2) is 12.2 Å². The summed E-state index contributed by atoms with van der Waals surface area (Å²) in [6, 6.07) is 0. The summed E-state index contributed by atoms with van der Waals surface area (Å²) in [5.74, 6) is 4.42. The Morgan fingerprint density at radius 1 is 1.75 bits per heavy atom. The molecular formula is C7H10S. The fourth-order valence-electron chi connectivity index (χ4n) is 0.282. The van der Waals surface area contributed by atoms with Crippen molar-refractivity contribution in [2.75, 3.05) is 11.5 Å². The molecule has 0 heterocycles. The van der Waals surface area contributed by atoms with Crippen LogP contribution in [0.2, 0.25) is 0 Å². The zero-order chi connectivity index (χ0) is 6.24. The third kappa shape index (κ3) is 5.65. The lowest BCUT2D eigenvalue weighted by molar-refractivity contribution is 1.65. The van der Waals surface area contributed by atoms with Gasteiger partial charge in [0.1, 0.15) is 0 Å². The minimum atomic E-state index is 0.824. The highest BCUT2D eigenvalue weighted by Gasteiger charge is 1.75. The second-order valence-corrected chi connectivity index (χ2v) is 2.32. The molecule has 8 heavy (non-hydrogen) atoms. The van der Waals surface area contributed by atoms with Crippen LogP contribution in [0.5, 0.6) is 0 Å². The van der Waals surface area contributed by atoms with Crippen LogP contribution in [0, 0.1) is 12.3 Å². The molecule has 0 saturated carbocycles. The first-order valence-electron chi connectivity index (χ1n) is 2.54. The summed E-state index contributed by atoms with van der Waals surface area (Å²) in [4.78, 5) is 0. The van der Waals surface area contributed by atoms with E-state index in [1.807, 2.05) is 13.0 Å². The predicted octanol–water partition coefficient (Wildman–Crippen LogP) is 1.93. The fourth-order valence-corrected chi connectivity index (χ4v) is 0.846. The quantitative estimate of drug-likeness (QED) is 0.316. The Bertz CT molecular complexity index is 97.4. The summed E-state index contributed by atoms with van der Waals surface area (Å²) in [6.45, 7) is 2.01. The summed E-state index contributed by atoms with van der Waals surface area (Å²) >= 11 is 1.75. The molecule has 0 radical (unpaired) electrons. The molecule has 0 spiro atoms. The molecular weight excluding hydrogens is 116 g/mol. The number of rotatable bonds is 3. The molecule has 0 rings (SSSR count). The first-order chi connectivity index (χ1) is 3.91. The van der Waals surface area contributed by atoms with Crippen LogP contribution in [0.1, 0.15) is 6.92 Å². The molecule has 0 aliphatic heterocycles. The molecule has 0 unspecified atom stereocenters. The van der Waals surface area contributed by atoms with Crippen molar-refractivity contribution in [1.82, 2.24) is 0 Å². The lowest BCUT2D eigenvalue weighted by atomic mass is 10.6. The molecule has 0 N–H and O–H groups in total. The van der Waals surface area contributed by atoms with E-state index < -0.39 is 0 Å². The zero-order valence-electron chi connectivity index (χ0n) is 5.05. The van der Waals surface area contributed by atoms with Gasteiger partial charge in [0.2, 0.25) is 0 Å². The number of hydrogen-bond acceptors (Lipinski definition) is 1. The largest absolute Gasteiger partial charge is 0.145 e. The Hall–Kier alpha value is -0.350. The van der Waals surface area contributed by atoms with Crippen LogP contribution in [0.25, 0.3) is 0 Å². The van der Waals surface area contributed by atoms with E-state index in [1.165, 1.54) is 0 Å². The molecule has 0 aromatic rings. The minimum Gasteiger partial charge on any atom is -0.145 e. The minimum absolute atomic E-state index is 0.824. The maximum Gasteiger partial charge on any atom is 0.0547 e. The molecule has 0 aliphatic carbocycles. The van der Waals surface area contributed by atoms with Gasteiger partial charge in [-0.1, -0.05) is 18.1 Å². The van der Waals surface area contributed by atoms with Crippen LogP contribution in [-0.4, -0.2) is 11.5 Å². The fraction of sp³-hybridized carbons (Fsp3) is 0.429. The lowest BCUT2D eigenvalue weighted by Gasteiger charge is -1.84. The van der Waals surface area contributed by atoms with Crippen molar-refractivity contribution in [3.05, 3.63) is 12.2 Å². The molecule has 0 atom stereocenters. The molecule has 0 bridgehead atoms. The second kappa shape index (κ2) is 6.65. The van der Waals surface area contributed by atoms with Crippen molar-refractivity contribution >= 4 is 11.8 Å². The topological polar surface area (TPSA) is 0 Å². The van der Waals surface area contributed by atoms with Crippen LogP contribution in [0.3, 0.4) is 0 Å². The molecule has 0 aliphatic rings. The number of allylic oxidation sites excluding steroid dienone is 1. The van der Waals surface area contributed by atoms with E-state index in [1.54, 1.807) is 11.8 Å². The molecule has 0 fully saturated rings. The van der Waals surface area contributed by atoms with E-state index in [4.69, 9.17) is 6.42 Å². The summed E-state index contributed by atoms with van der Waals surface area (Å²) in [5.41, 5.74) is 0. The monoisotopic (exact) mass is 126 g/mol. The van der Waals surface area contributed by atoms with Gasteiger partial charge in [0.25, 0.3) is 0 Å². The normalized spacial score (nSPS) is 9.50. The van der Waals surface area contributed by atoms with Crippen molar-refractivity contribution in [2.45, 2.75) is 6.92 Å². The van der Waals surface area contributed by atoms with Crippen molar-refractivity contribution in [3.8, 4) is 12.3 Å². The zero-order valence-corrected chi connectivity index (χ0v) is 5.87. The smallest absolute Gasteiger partial charge is 0.0547 e. The Balaban J connectivity index is 2.85. The van der Waals surface area contributed by atoms with Crippen molar-refractivity contribution in [1.29, 1.82) is 0 Å². The molecule has 0 saturated heterocycles. The third-order valence-electron chi connectivity index (χ3n) is 0.635. The van der Waals surface area contributed by atoms with Crippen molar-refractivity contribution in [3.63, 3.8) is 0 Å². The first-order valence-corrected chi connectivity index (χ1v) is 3.69. The van der Waals surface area contributed by atoms with Gasteiger partial charge >= 0.3 is 0 Å². The Labute approximate surface area is 55.4 Å². The van der Waals surface area contributed by atoms with Gasteiger partial charge in [-0.15, -0.1) is 18.2 Å². The number of hydrogen-bond donors (Lipinski definition) is 0. The first kappa shape index (κ1) is 7.65. The highest BCUT2D eigenvalue weighted by Crippen LogP contribution is 1.96. The highest BCUT2D eigenvalue weighted by molar-refractivity contribution is 7.99. The van der Waals surface area contributed by atoms with Crippen LogP contribution in [0.4, 0.5) is 0 Å². The van der Waals surface area contributed by atoms with Gasteiger partial charge in [0.15, 0.2) is 0 Å². The van der Waals surface area contributed by atoms with Gasteiger partial charge in [-0.25, -0.2) is 0 Å². The lowest BCUT2D eigenvalue weighted by Crippen LogP contribution is -1.71. The van der Waals surface area contributed by atoms with Gasteiger partial charge in [-0.3, -0.25) is 0 Å². The predicted molar refractivity (Wildman–Crippen MR) is 41.0 cm³/mol. The maximum absolute atomic E-state index is 5.02. The Morgan fingerprint density at radius 3 is 3.00 bits per heavy atom. The second-order valence-electron chi connectivity index (χ2n) is 1.29. The SMILES string of the molecule is C#CCSC/C=C/C. The van der Waals surface area contributed by atoms with Crippen LogP contribution in [-0.2, 0) is 0 Å². The van der Waals surface area contributed by atoms with E-state index in [-0.39, 0.29) is 0 Å². The van der Waals surface area contributed by atoms with Crippen LogP contribution < -0.4 is 0 Å². The summed E-state index contributed by atoms with van der Waals surface area (Å²) in [6.07, 6.45) is 9.15. The van der Waals surface area contributed by atoms with Crippen molar-refractivity contribution < 1.29 is 0 Å². The maximum atomic E-state index is 5.02. The molecule has 0 nitrogen and oxygen atoms in total. The van der Waals surface area contributed by atoms with E-state index in [0.717, 1.165) is 11.5 Å². The Kier molecular flexibility index (Phi) is 6.36. The standard InChI is InChI=1S/C7H10S/c1-3-5-7-8-6-4-2/h2-3,5H,6-7H2,1H3/b5-3+. The Morgan fingerprint density at radius 2 is 2.50 bits per heavy atom. The number of thioether (sulfide) groups is 1. The van der Waals surface area contributed by atoms with Gasteiger partial charge in [0.05, 0.1) is 5.75 Å².